The Morgan fingerprint density at radius 3 is 2.06 bits per heavy atom. The highest BCUT2D eigenvalue weighted by Gasteiger charge is 2.09. The first-order chi connectivity index (χ1) is 7.61. The van der Waals surface area contributed by atoms with Gasteiger partial charge in [-0.15, -0.1) is 0 Å². The molecule has 0 bridgehead atoms. The van der Waals surface area contributed by atoms with Crippen LogP contribution in [0, 0.1) is 0 Å². The molecule has 2 amide bonds. The Morgan fingerprint density at radius 2 is 1.62 bits per heavy atom. The van der Waals surface area contributed by atoms with Gasteiger partial charge in [0.1, 0.15) is 0 Å². The van der Waals surface area contributed by atoms with Crippen LogP contribution < -0.4 is 5.32 Å². The maximum absolute atomic E-state index is 11.8. The first-order valence-corrected chi connectivity index (χ1v) is 6.29. The van der Waals surface area contributed by atoms with Crippen molar-refractivity contribution < 1.29 is 4.79 Å². The van der Waals surface area contributed by atoms with Crippen LogP contribution in [0.4, 0.5) is 4.79 Å². The van der Waals surface area contributed by atoms with Crippen molar-refractivity contribution in [1.82, 2.24) is 15.1 Å². The topological polar surface area (TPSA) is 35.6 Å². The number of hydrogen-bond donors (Lipinski definition) is 1. The van der Waals surface area contributed by atoms with Gasteiger partial charge in [-0.1, -0.05) is 13.8 Å². The minimum absolute atomic E-state index is 0.0856. The number of carbonyl (C=O) groups is 1. The minimum atomic E-state index is 0.0856. The number of urea groups is 1. The summed E-state index contributed by atoms with van der Waals surface area (Å²) in [5.41, 5.74) is 0. The highest BCUT2D eigenvalue weighted by molar-refractivity contribution is 5.74. The highest BCUT2D eigenvalue weighted by Crippen LogP contribution is 1.95. The Hall–Kier alpha value is -0.770. The van der Waals surface area contributed by atoms with Gasteiger partial charge in [0, 0.05) is 19.6 Å². The first-order valence-electron chi connectivity index (χ1n) is 6.29. The molecule has 0 aliphatic carbocycles. The second kappa shape index (κ2) is 9.46. The molecule has 0 aromatic carbocycles. The van der Waals surface area contributed by atoms with Gasteiger partial charge >= 0.3 is 6.03 Å². The molecule has 0 aliphatic rings. The molecule has 4 heteroatoms. The van der Waals surface area contributed by atoms with E-state index >= 15 is 0 Å². The second-order valence-corrected chi connectivity index (χ2v) is 4.38. The fourth-order valence-electron chi connectivity index (χ4n) is 1.56. The van der Waals surface area contributed by atoms with Gasteiger partial charge < -0.3 is 15.1 Å². The van der Waals surface area contributed by atoms with Gasteiger partial charge in [0.15, 0.2) is 0 Å². The van der Waals surface area contributed by atoms with Gasteiger partial charge in [0.25, 0.3) is 0 Å². The van der Waals surface area contributed by atoms with Crippen molar-refractivity contribution in [2.24, 2.45) is 0 Å². The number of rotatable bonds is 8. The standard InChI is InChI=1S/C12H27N3O/c1-5-9-15(10-6-2)12(16)13-8-7-11-14(3)4/h5-11H2,1-4H3,(H,13,16). The molecule has 96 valence electrons. The summed E-state index contributed by atoms with van der Waals surface area (Å²) >= 11 is 0. The van der Waals surface area contributed by atoms with E-state index in [1.165, 1.54) is 0 Å². The lowest BCUT2D eigenvalue weighted by Crippen LogP contribution is -2.41. The molecule has 0 fully saturated rings. The van der Waals surface area contributed by atoms with Crippen LogP contribution in [-0.4, -0.2) is 56.1 Å². The number of amides is 2. The van der Waals surface area contributed by atoms with Crippen molar-refractivity contribution in [3.8, 4) is 0 Å². The van der Waals surface area contributed by atoms with E-state index in [-0.39, 0.29) is 6.03 Å². The second-order valence-electron chi connectivity index (χ2n) is 4.38. The summed E-state index contributed by atoms with van der Waals surface area (Å²) in [5.74, 6) is 0. The fraction of sp³-hybridized carbons (Fsp3) is 0.917. The van der Waals surface area contributed by atoms with Crippen molar-refractivity contribution in [3.63, 3.8) is 0 Å². The Kier molecular flexibility index (Phi) is 9.00. The van der Waals surface area contributed by atoms with Gasteiger partial charge in [-0.25, -0.2) is 4.79 Å². The average molecular weight is 229 g/mol. The monoisotopic (exact) mass is 229 g/mol. The Labute approximate surface area is 100.0 Å². The molecule has 0 radical (unpaired) electrons. The zero-order chi connectivity index (χ0) is 12.4. The van der Waals surface area contributed by atoms with E-state index in [4.69, 9.17) is 0 Å². The highest BCUT2D eigenvalue weighted by atomic mass is 16.2. The molecule has 0 unspecified atom stereocenters. The van der Waals surface area contributed by atoms with Gasteiger partial charge in [0.05, 0.1) is 0 Å². The molecule has 0 rings (SSSR count). The summed E-state index contributed by atoms with van der Waals surface area (Å²) < 4.78 is 0. The molecule has 4 nitrogen and oxygen atoms in total. The van der Waals surface area contributed by atoms with Crippen LogP contribution in [0.15, 0.2) is 0 Å². The molecule has 16 heavy (non-hydrogen) atoms. The minimum Gasteiger partial charge on any atom is -0.338 e. The summed E-state index contributed by atoms with van der Waals surface area (Å²) in [7, 11) is 4.09. The van der Waals surface area contributed by atoms with Crippen LogP contribution in [0.3, 0.4) is 0 Å². The SMILES string of the molecule is CCCN(CCC)C(=O)NCCCN(C)C. The molecule has 0 saturated carbocycles. The Balaban J connectivity index is 3.73. The van der Waals surface area contributed by atoms with Crippen LogP contribution in [0.5, 0.6) is 0 Å². The van der Waals surface area contributed by atoms with Crippen LogP contribution in [-0.2, 0) is 0 Å². The molecule has 1 N–H and O–H groups in total. The Bertz CT molecular complexity index is 177. The van der Waals surface area contributed by atoms with E-state index in [1.54, 1.807) is 0 Å². The van der Waals surface area contributed by atoms with Gasteiger partial charge in [-0.05, 0) is 39.9 Å². The fourth-order valence-corrected chi connectivity index (χ4v) is 1.56. The zero-order valence-electron chi connectivity index (χ0n) is 11.3. The third-order valence-electron chi connectivity index (χ3n) is 2.33. The van der Waals surface area contributed by atoms with Crippen LogP contribution in [0.1, 0.15) is 33.1 Å². The van der Waals surface area contributed by atoms with Crippen molar-refractivity contribution >= 4 is 6.03 Å². The molecule has 0 aromatic rings. The van der Waals surface area contributed by atoms with E-state index in [9.17, 15) is 4.79 Å². The number of nitrogens with zero attached hydrogens (tertiary/aromatic N) is 2. The smallest absolute Gasteiger partial charge is 0.317 e. The quantitative estimate of drug-likeness (QED) is 0.644. The third-order valence-corrected chi connectivity index (χ3v) is 2.33. The molecular formula is C12H27N3O. The number of hydrogen-bond acceptors (Lipinski definition) is 2. The van der Waals surface area contributed by atoms with Gasteiger partial charge in [0.2, 0.25) is 0 Å². The lowest BCUT2D eigenvalue weighted by atomic mass is 10.3. The maximum atomic E-state index is 11.8. The van der Waals surface area contributed by atoms with Crippen LogP contribution in [0.25, 0.3) is 0 Å². The van der Waals surface area contributed by atoms with Crippen molar-refractivity contribution in [2.45, 2.75) is 33.1 Å². The maximum Gasteiger partial charge on any atom is 0.317 e. The predicted molar refractivity (Wildman–Crippen MR) is 68.7 cm³/mol. The summed E-state index contributed by atoms with van der Waals surface area (Å²) in [6.07, 6.45) is 3.04. The number of carbonyl (C=O) groups excluding carboxylic acids is 1. The summed E-state index contributed by atoms with van der Waals surface area (Å²) in [6, 6.07) is 0.0856. The van der Waals surface area contributed by atoms with Crippen molar-refractivity contribution in [3.05, 3.63) is 0 Å². The van der Waals surface area contributed by atoms with Gasteiger partial charge in [-0.2, -0.15) is 0 Å². The van der Waals surface area contributed by atoms with E-state index < -0.39 is 0 Å². The van der Waals surface area contributed by atoms with Crippen LogP contribution >= 0.6 is 0 Å². The van der Waals surface area contributed by atoms with E-state index in [0.717, 1.165) is 45.4 Å². The normalized spacial score (nSPS) is 10.6. The summed E-state index contributed by atoms with van der Waals surface area (Å²) in [6.45, 7) is 7.69. The van der Waals surface area contributed by atoms with Crippen LogP contribution in [0.2, 0.25) is 0 Å². The molecule has 0 aliphatic heterocycles. The van der Waals surface area contributed by atoms with Crippen molar-refractivity contribution in [1.29, 1.82) is 0 Å². The van der Waals surface area contributed by atoms with E-state index in [1.807, 2.05) is 19.0 Å². The van der Waals surface area contributed by atoms with E-state index in [0.29, 0.717) is 0 Å². The van der Waals surface area contributed by atoms with E-state index in [2.05, 4.69) is 24.1 Å². The lowest BCUT2D eigenvalue weighted by Gasteiger charge is -2.22. The molecule has 0 atom stereocenters. The molecule has 0 heterocycles. The Morgan fingerprint density at radius 1 is 1.06 bits per heavy atom. The summed E-state index contributed by atoms with van der Waals surface area (Å²) in [5, 5.41) is 2.97. The molecule has 0 aromatic heterocycles. The largest absolute Gasteiger partial charge is 0.338 e. The number of nitrogens with one attached hydrogen (secondary N) is 1. The molecule has 0 saturated heterocycles. The third kappa shape index (κ3) is 7.51. The van der Waals surface area contributed by atoms with Crippen molar-refractivity contribution in [2.75, 3.05) is 40.3 Å². The zero-order valence-corrected chi connectivity index (χ0v) is 11.3. The lowest BCUT2D eigenvalue weighted by molar-refractivity contribution is 0.197. The molecular weight excluding hydrogens is 202 g/mol. The first kappa shape index (κ1) is 15.2. The summed E-state index contributed by atoms with van der Waals surface area (Å²) in [4.78, 5) is 15.8. The molecule has 0 spiro atoms. The van der Waals surface area contributed by atoms with Gasteiger partial charge in [-0.3, -0.25) is 0 Å². The predicted octanol–water partition coefficient (Wildman–Crippen LogP) is 1.77. The average Bonchev–Trinajstić information content (AvgIpc) is 2.23.